The van der Waals surface area contributed by atoms with Crippen LogP contribution in [-0.4, -0.2) is 0 Å². The van der Waals surface area contributed by atoms with Gasteiger partial charge in [-0.1, -0.05) is 133 Å². The molecule has 0 spiro atoms. The quantitative estimate of drug-likeness (QED) is 0.186. The summed E-state index contributed by atoms with van der Waals surface area (Å²) in [4.78, 5) is 0. The summed E-state index contributed by atoms with van der Waals surface area (Å²) in [5.74, 6) is 2.51. The van der Waals surface area contributed by atoms with Crippen LogP contribution in [-0.2, 0) is 4.57 Å². The summed E-state index contributed by atoms with van der Waals surface area (Å²) < 4.78 is 30.6. The number of ether oxygens (including phenoxy) is 2. The van der Waals surface area contributed by atoms with Crippen LogP contribution in [0.25, 0.3) is 39.0 Å². The maximum atomic E-state index is 16.5. The Bertz CT molecular complexity index is 2270. The van der Waals surface area contributed by atoms with Gasteiger partial charge in [0, 0.05) is 22.3 Å². The Labute approximate surface area is 268 Å². The molecule has 0 saturated carbocycles. The highest BCUT2D eigenvalue weighted by Crippen LogP contribution is 2.63. The van der Waals surface area contributed by atoms with E-state index in [2.05, 4.69) is 72.8 Å². The molecule has 2 heterocycles. The van der Waals surface area contributed by atoms with Crippen LogP contribution >= 0.6 is 7.14 Å². The maximum Gasteiger partial charge on any atom is 0.185 e. The smallest absolute Gasteiger partial charge is 0.185 e. The van der Waals surface area contributed by atoms with Crippen LogP contribution in [0.4, 0.5) is 0 Å². The summed E-state index contributed by atoms with van der Waals surface area (Å²) in [6, 6.07) is 45.0. The minimum Gasteiger partial charge on any atom is -0.454 e. The molecule has 0 aromatic heterocycles. The van der Waals surface area contributed by atoms with Gasteiger partial charge in [0.2, 0.25) is 0 Å². The first kappa shape index (κ1) is 27.0. The Hall–Kier alpha value is -5.37. The zero-order chi connectivity index (χ0) is 30.7. The summed E-state index contributed by atoms with van der Waals surface area (Å²) in [6.07, 6.45) is 8.30. The minimum atomic E-state index is -3.53. The Balaban J connectivity index is 1.43. The van der Waals surface area contributed by atoms with Gasteiger partial charge in [0.05, 0.1) is 10.6 Å². The van der Waals surface area contributed by atoms with E-state index >= 15 is 4.57 Å². The first-order valence-electron chi connectivity index (χ1n) is 15.7. The average molecular weight is 613 g/mol. The second-order valence-electron chi connectivity index (χ2n) is 11.9. The van der Waals surface area contributed by atoms with Gasteiger partial charge >= 0.3 is 0 Å². The number of allylic oxidation sites excluding steroid dienone is 4. The Morgan fingerprint density at radius 2 is 1.00 bits per heavy atom. The topological polar surface area (TPSA) is 35.5 Å². The molecule has 46 heavy (non-hydrogen) atoms. The van der Waals surface area contributed by atoms with Crippen LogP contribution in [0, 0.1) is 0 Å². The third-order valence-corrected chi connectivity index (χ3v) is 12.3. The highest BCUT2D eigenvalue weighted by molar-refractivity contribution is 7.86. The van der Waals surface area contributed by atoms with Crippen molar-refractivity contribution in [1.29, 1.82) is 0 Å². The van der Waals surface area contributed by atoms with Crippen LogP contribution in [0.2, 0.25) is 0 Å². The largest absolute Gasteiger partial charge is 0.454 e. The van der Waals surface area contributed by atoms with Crippen LogP contribution < -0.4 is 25.4 Å². The molecule has 6 aromatic rings. The molecule has 9 rings (SSSR count). The zero-order valence-corrected chi connectivity index (χ0v) is 25.9. The third kappa shape index (κ3) is 4.02. The van der Waals surface area contributed by atoms with Crippen molar-refractivity contribution >= 4 is 28.6 Å². The van der Waals surface area contributed by atoms with Gasteiger partial charge in [-0.05, 0) is 53.3 Å². The fraction of sp³-hybridized carbons (Fsp3) is 0.0476. The van der Waals surface area contributed by atoms with Gasteiger partial charge < -0.3 is 14.0 Å². The predicted molar refractivity (Wildman–Crippen MR) is 189 cm³/mol. The molecule has 6 aromatic carbocycles. The normalized spacial score (nSPS) is 17.1. The van der Waals surface area contributed by atoms with Crippen LogP contribution in [0.3, 0.4) is 0 Å². The molecular formula is C42H29O3P. The third-order valence-electron chi connectivity index (χ3n) is 9.21. The lowest BCUT2D eigenvalue weighted by Gasteiger charge is -2.38. The Morgan fingerprint density at radius 1 is 0.500 bits per heavy atom. The second-order valence-corrected chi connectivity index (χ2v) is 14.5. The summed E-state index contributed by atoms with van der Waals surface area (Å²) >= 11 is 0. The van der Waals surface area contributed by atoms with Crippen molar-refractivity contribution in [3.63, 3.8) is 0 Å². The van der Waals surface area contributed by atoms with Crippen LogP contribution in [0.1, 0.15) is 18.4 Å². The summed E-state index contributed by atoms with van der Waals surface area (Å²) in [5.41, 5.74) is 7.86. The molecule has 3 aliphatic rings. The van der Waals surface area contributed by atoms with E-state index in [0.29, 0.717) is 38.9 Å². The molecule has 0 bridgehead atoms. The van der Waals surface area contributed by atoms with E-state index in [1.54, 1.807) is 0 Å². The molecule has 3 nitrogen and oxygen atoms in total. The van der Waals surface area contributed by atoms with Crippen molar-refractivity contribution in [1.82, 2.24) is 0 Å². The fourth-order valence-corrected chi connectivity index (χ4v) is 10.2. The number of benzene rings is 6. The molecule has 220 valence electrons. The van der Waals surface area contributed by atoms with E-state index in [9.17, 15) is 0 Å². The average Bonchev–Trinajstić information content (AvgIpc) is 3.13. The number of fused-ring (bicyclic) bond motifs is 4. The van der Waals surface area contributed by atoms with E-state index in [1.165, 1.54) is 5.57 Å². The maximum absolute atomic E-state index is 16.5. The van der Waals surface area contributed by atoms with Crippen molar-refractivity contribution in [3.05, 3.63) is 157 Å². The van der Waals surface area contributed by atoms with Crippen LogP contribution in [0.15, 0.2) is 152 Å². The van der Waals surface area contributed by atoms with Crippen molar-refractivity contribution < 1.29 is 14.0 Å². The molecule has 1 atom stereocenters. The summed E-state index contributed by atoms with van der Waals surface area (Å²) in [7, 11) is -3.53. The van der Waals surface area contributed by atoms with E-state index in [4.69, 9.17) is 9.47 Å². The van der Waals surface area contributed by atoms with Gasteiger partial charge in [-0.3, -0.25) is 0 Å². The predicted octanol–water partition coefficient (Wildman–Crippen LogP) is 10.3. The lowest BCUT2D eigenvalue weighted by Crippen LogP contribution is -2.36. The van der Waals surface area contributed by atoms with Gasteiger partial charge in [-0.15, -0.1) is 0 Å². The van der Waals surface area contributed by atoms with E-state index in [1.807, 2.05) is 78.9 Å². The van der Waals surface area contributed by atoms with Crippen molar-refractivity contribution in [2.45, 2.75) is 12.8 Å². The van der Waals surface area contributed by atoms with Crippen LogP contribution in [0.5, 0.6) is 23.0 Å². The van der Waals surface area contributed by atoms with Gasteiger partial charge in [0.1, 0.15) is 16.8 Å². The molecule has 0 fully saturated rings. The standard InChI is InChI=1S/C42H29O3P/c43-46-36-25-13-23-32(28-15-5-1-6-16-28)38(36)44-40-34(30-19-9-3-10-20-30)27-35(31-21-11-4-12-22-31)41(42(40)46)45-39-33(24-14-26-37(39)46)29-17-7-2-8-18-29/h1-7,9-17,19-27H,8,18H2/t46-/m0/s1. The second kappa shape index (κ2) is 10.6. The lowest BCUT2D eigenvalue weighted by atomic mass is 9.95. The lowest BCUT2D eigenvalue weighted by molar-refractivity contribution is 0.464. The first-order chi connectivity index (χ1) is 22.7. The van der Waals surface area contributed by atoms with Crippen molar-refractivity contribution in [3.8, 4) is 56.4 Å². The van der Waals surface area contributed by atoms with E-state index in [0.717, 1.165) is 51.8 Å². The highest BCUT2D eigenvalue weighted by Gasteiger charge is 2.49. The van der Waals surface area contributed by atoms with E-state index in [-0.39, 0.29) is 0 Å². The monoisotopic (exact) mass is 612 g/mol. The molecule has 2 aliphatic heterocycles. The molecular weight excluding hydrogens is 583 g/mol. The number of para-hydroxylation sites is 2. The zero-order valence-electron chi connectivity index (χ0n) is 25.0. The van der Waals surface area contributed by atoms with Gasteiger partial charge in [0.25, 0.3) is 0 Å². The van der Waals surface area contributed by atoms with Gasteiger partial charge in [-0.25, -0.2) is 0 Å². The number of hydrogen-bond acceptors (Lipinski definition) is 3. The SMILES string of the molecule is O=[P@@]12c3cccc(C4=CC=CCC4)c3Oc3c(-c4ccccc4)cc(-c4ccccc4)c(c31)Oc1c(-c3ccccc3)cccc12. The molecule has 1 aliphatic carbocycles. The molecule has 0 N–H and O–H groups in total. The fourth-order valence-electron chi connectivity index (χ4n) is 7.05. The molecule has 4 heteroatoms. The summed E-state index contributed by atoms with van der Waals surface area (Å²) in [5, 5.41) is 2.05. The summed E-state index contributed by atoms with van der Waals surface area (Å²) in [6.45, 7) is 0. The van der Waals surface area contributed by atoms with Gasteiger partial charge in [-0.2, -0.15) is 0 Å². The Morgan fingerprint density at radius 3 is 1.52 bits per heavy atom. The molecule has 0 radical (unpaired) electrons. The first-order valence-corrected chi connectivity index (χ1v) is 17.4. The highest BCUT2D eigenvalue weighted by atomic mass is 31.2. The molecule has 0 saturated heterocycles. The number of hydrogen-bond donors (Lipinski definition) is 0. The Kier molecular flexibility index (Phi) is 6.23. The van der Waals surface area contributed by atoms with Crippen molar-refractivity contribution in [2.75, 3.05) is 0 Å². The van der Waals surface area contributed by atoms with E-state index < -0.39 is 7.14 Å². The number of rotatable bonds is 4. The molecule has 0 unspecified atom stereocenters. The molecule has 0 amide bonds. The van der Waals surface area contributed by atoms with Crippen molar-refractivity contribution in [2.24, 2.45) is 0 Å². The minimum absolute atomic E-state index is 0.593. The van der Waals surface area contributed by atoms with Gasteiger partial charge in [0.15, 0.2) is 18.6 Å².